The summed E-state index contributed by atoms with van der Waals surface area (Å²) < 4.78 is 13.4. The molecule has 0 radical (unpaired) electrons. The van der Waals surface area contributed by atoms with Crippen molar-refractivity contribution in [1.82, 2.24) is 0 Å². The maximum Gasteiger partial charge on any atom is 0.241 e. The lowest BCUT2D eigenvalue weighted by Crippen LogP contribution is -2.57. The van der Waals surface area contributed by atoms with Crippen LogP contribution in [0.25, 0.3) is 0 Å². The third-order valence-corrected chi connectivity index (χ3v) is 11.7. The molecule has 4 heteroatoms. The van der Waals surface area contributed by atoms with Gasteiger partial charge in [-0.15, -0.1) is 0 Å². The van der Waals surface area contributed by atoms with E-state index in [-0.39, 0.29) is 5.60 Å². The van der Waals surface area contributed by atoms with Gasteiger partial charge in [-0.3, -0.25) is 0 Å². The van der Waals surface area contributed by atoms with Crippen LogP contribution in [0.15, 0.2) is 11.8 Å². The number of hydrogen-bond donors (Lipinski definition) is 0. The van der Waals surface area contributed by atoms with Gasteiger partial charge in [-0.25, -0.2) is 0 Å². The minimum absolute atomic E-state index is 0.0929. The smallest absolute Gasteiger partial charge is 0.241 e. The minimum atomic E-state index is -1.55. The molecule has 0 amide bonds. The lowest BCUT2D eigenvalue weighted by atomic mass is 9.45. The predicted octanol–water partition coefficient (Wildman–Crippen LogP) is 7.98. The van der Waals surface area contributed by atoms with E-state index in [0.29, 0.717) is 10.8 Å². The molecule has 0 saturated heterocycles. The molecular formula is C26H48O2Si2. The van der Waals surface area contributed by atoms with Crippen LogP contribution < -0.4 is 0 Å². The van der Waals surface area contributed by atoms with E-state index in [1.807, 2.05) is 0 Å². The van der Waals surface area contributed by atoms with Crippen molar-refractivity contribution < 1.29 is 8.85 Å². The molecule has 0 aromatic carbocycles. The van der Waals surface area contributed by atoms with Crippen LogP contribution in [0.5, 0.6) is 0 Å². The maximum absolute atomic E-state index is 6.95. The number of rotatable bonds is 4. The molecule has 0 N–H and O–H groups in total. The zero-order valence-corrected chi connectivity index (χ0v) is 23.4. The molecule has 7 atom stereocenters. The van der Waals surface area contributed by atoms with Gasteiger partial charge in [0.25, 0.3) is 0 Å². The molecule has 2 nitrogen and oxygen atoms in total. The summed E-state index contributed by atoms with van der Waals surface area (Å²) in [6.07, 6.45) is 13.3. The van der Waals surface area contributed by atoms with Gasteiger partial charge in [0, 0.05) is 6.42 Å². The quantitative estimate of drug-likeness (QED) is 0.406. The van der Waals surface area contributed by atoms with E-state index in [2.05, 4.69) is 66.1 Å². The fourth-order valence-corrected chi connectivity index (χ4v) is 11.0. The molecule has 4 rings (SSSR count). The van der Waals surface area contributed by atoms with Crippen molar-refractivity contribution in [3.05, 3.63) is 11.8 Å². The average Bonchev–Trinajstić information content (AvgIpc) is 2.83. The van der Waals surface area contributed by atoms with Crippen molar-refractivity contribution in [2.75, 3.05) is 0 Å². The van der Waals surface area contributed by atoms with Crippen LogP contribution >= 0.6 is 0 Å². The van der Waals surface area contributed by atoms with Crippen LogP contribution in [0.1, 0.15) is 72.1 Å². The first kappa shape index (κ1) is 23.1. The molecule has 4 aliphatic rings. The van der Waals surface area contributed by atoms with Crippen LogP contribution in [0.2, 0.25) is 39.3 Å². The van der Waals surface area contributed by atoms with Gasteiger partial charge in [-0.05, 0) is 132 Å². The Hall–Kier alpha value is -0.0662. The van der Waals surface area contributed by atoms with E-state index in [0.717, 1.165) is 23.7 Å². The van der Waals surface area contributed by atoms with Gasteiger partial charge in [-0.1, -0.05) is 13.8 Å². The van der Waals surface area contributed by atoms with Crippen molar-refractivity contribution in [3.8, 4) is 0 Å². The molecule has 0 aliphatic heterocycles. The maximum atomic E-state index is 6.95. The van der Waals surface area contributed by atoms with Gasteiger partial charge in [0.1, 0.15) is 0 Å². The Kier molecular flexibility index (Phi) is 5.56. The summed E-state index contributed by atoms with van der Waals surface area (Å²) in [5.74, 6) is 4.72. The third kappa shape index (κ3) is 3.81. The summed E-state index contributed by atoms with van der Waals surface area (Å²) in [5.41, 5.74) is 0.944. The molecule has 3 fully saturated rings. The van der Waals surface area contributed by atoms with Gasteiger partial charge >= 0.3 is 0 Å². The van der Waals surface area contributed by atoms with E-state index < -0.39 is 16.6 Å². The Labute approximate surface area is 188 Å². The van der Waals surface area contributed by atoms with Crippen LogP contribution in [0.3, 0.4) is 0 Å². The van der Waals surface area contributed by atoms with E-state index in [4.69, 9.17) is 8.85 Å². The molecule has 0 aromatic rings. The topological polar surface area (TPSA) is 18.5 Å². The molecule has 0 aromatic heterocycles. The number of hydrogen-bond acceptors (Lipinski definition) is 2. The Morgan fingerprint density at radius 3 is 2.10 bits per heavy atom. The summed E-state index contributed by atoms with van der Waals surface area (Å²) in [5, 5.41) is 0. The van der Waals surface area contributed by atoms with Gasteiger partial charge in [-0.2, -0.15) is 0 Å². The van der Waals surface area contributed by atoms with Gasteiger partial charge < -0.3 is 8.85 Å². The molecule has 0 bridgehead atoms. The minimum Gasteiger partial charge on any atom is -0.548 e. The van der Waals surface area contributed by atoms with E-state index in [1.165, 1.54) is 57.1 Å². The average molecular weight is 449 g/mol. The fraction of sp³-hybridized carbons (Fsp3) is 0.923. The second kappa shape index (κ2) is 7.22. The van der Waals surface area contributed by atoms with Crippen molar-refractivity contribution in [3.63, 3.8) is 0 Å². The monoisotopic (exact) mass is 448 g/mol. The summed E-state index contributed by atoms with van der Waals surface area (Å²) in [6, 6.07) is 0. The molecule has 172 valence electrons. The highest BCUT2D eigenvalue weighted by atomic mass is 28.4. The van der Waals surface area contributed by atoms with Gasteiger partial charge in [0.05, 0.1) is 11.4 Å². The van der Waals surface area contributed by atoms with Crippen molar-refractivity contribution in [2.24, 2.45) is 34.5 Å². The Morgan fingerprint density at radius 1 is 0.800 bits per heavy atom. The highest BCUT2D eigenvalue weighted by Gasteiger charge is 2.64. The van der Waals surface area contributed by atoms with E-state index in [9.17, 15) is 0 Å². The molecule has 0 heterocycles. The lowest BCUT2D eigenvalue weighted by molar-refractivity contribution is -0.130. The lowest BCUT2D eigenvalue weighted by Gasteiger charge is -2.61. The summed E-state index contributed by atoms with van der Waals surface area (Å²) in [4.78, 5) is 0. The zero-order chi connectivity index (χ0) is 22.2. The first-order chi connectivity index (χ1) is 13.7. The van der Waals surface area contributed by atoms with Crippen molar-refractivity contribution in [2.45, 2.75) is 117 Å². The number of allylic oxidation sites excluding steroid dienone is 2. The zero-order valence-electron chi connectivity index (χ0n) is 21.4. The summed E-state index contributed by atoms with van der Waals surface area (Å²) >= 11 is 0. The predicted molar refractivity (Wildman–Crippen MR) is 132 cm³/mol. The molecule has 3 saturated carbocycles. The molecule has 5 unspecified atom stereocenters. The Balaban J connectivity index is 1.56. The summed E-state index contributed by atoms with van der Waals surface area (Å²) in [6.45, 7) is 21.8. The highest BCUT2D eigenvalue weighted by molar-refractivity contribution is 6.70. The molecule has 30 heavy (non-hydrogen) atoms. The third-order valence-electron chi connectivity index (χ3n) is 9.74. The Morgan fingerprint density at radius 2 is 1.47 bits per heavy atom. The van der Waals surface area contributed by atoms with Crippen LogP contribution in [-0.2, 0) is 8.85 Å². The summed E-state index contributed by atoms with van der Waals surface area (Å²) in [7, 11) is -3.05. The first-order valence-corrected chi connectivity index (χ1v) is 19.6. The molecule has 0 spiro atoms. The second-order valence-electron chi connectivity index (χ2n) is 13.9. The van der Waals surface area contributed by atoms with Crippen LogP contribution in [-0.4, -0.2) is 22.2 Å². The van der Waals surface area contributed by atoms with E-state index in [1.54, 1.807) is 0 Å². The second-order valence-corrected chi connectivity index (χ2v) is 22.7. The molecular weight excluding hydrogens is 400 g/mol. The highest BCUT2D eigenvalue weighted by Crippen LogP contribution is 2.68. The fourth-order valence-electron chi connectivity index (χ4n) is 8.38. The normalized spacial score (nSPS) is 46.5. The van der Waals surface area contributed by atoms with Gasteiger partial charge in [0.15, 0.2) is 8.32 Å². The molecule has 4 aliphatic carbocycles. The SMILES string of the molecule is CC12CCC(O[Si](C)(C)C)=C[C@H]1CCC1C2CCC2(C)C1CC[C@@]2(C)O[Si](C)(C)C. The Bertz CT molecular complexity index is 705. The van der Waals surface area contributed by atoms with E-state index >= 15 is 0 Å². The van der Waals surface area contributed by atoms with Crippen molar-refractivity contribution in [1.29, 1.82) is 0 Å². The van der Waals surface area contributed by atoms with Gasteiger partial charge in [0.2, 0.25) is 8.32 Å². The number of fused-ring (bicyclic) bond motifs is 5. The standard InChI is InChI=1S/C26H48O2Si2/c1-24-15-12-20(27-29(4,5)6)18-19(24)10-11-21-22(24)13-16-25(2)23(21)14-17-26(25,3)28-30(7,8)9/h18-19,21-23H,10-17H2,1-9H3/t19-,21?,22?,23?,24?,25?,26-/m1/s1. The van der Waals surface area contributed by atoms with Crippen LogP contribution in [0, 0.1) is 34.5 Å². The van der Waals surface area contributed by atoms with Crippen LogP contribution in [0.4, 0.5) is 0 Å². The first-order valence-electron chi connectivity index (χ1n) is 12.8. The van der Waals surface area contributed by atoms with Crippen molar-refractivity contribution >= 4 is 16.6 Å². The largest absolute Gasteiger partial charge is 0.548 e.